The quantitative estimate of drug-likeness (QED) is 0.874. The van der Waals surface area contributed by atoms with Gasteiger partial charge < -0.3 is 10.4 Å². The number of aromatic nitrogens is 3. The van der Waals surface area contributed by atoms with Crippen LogP contribution in [0.2, 0.25) is 0 Å². The van der Waals surface area contributed by atoms with Gasteiger partial charge >= 0.3 is 5.97 Å². The first-order valence-corrected chi connectivity index (χ1v) is 7.19. The van der Waals surface area contributed by atoms with Gasteiger partial charge in [-0.25, -0.2) is 9.78 Å². The molecule has 7 heteroatoms. The number of hydrogen-bond acceptors (Lipinski definition) is 4. The van der Waals surface area contributed by atoms with Crippen LogP contribution in [0.25, 0.3) is 11.0 Å². The third-order valence-corrected chi connectivity index (χ3v) is 3.52. The molecule has 1 amide bonds. The van der Waals surface area contributed by atoms with Gasteiger partial charge in [0.25, 0.3) is 5.91 Å². The molecule has 7 nitrogen and oxygen atoms in total. The van der Waals surface area contributed by atoms with E-state index in [4.69, 9.17) is 0 Å². The number of pyridine rings is 1. The first kappa shape index (κ1) is 15.9. The molecule has 2 N–H and O–H groups in total. The smallest absolute Gasteiger partial charge is 0.326 e. The van der Waals surface area contributed by atoms with E-state index in [0.29, 0.717) is 40.8 Å². The van der Waals surface area contributed by atoms with Crippen molar-refractivity contribution >= 4 is 22.9 Å². The fourth-order valence-electron chi connectivity index (χ4n) is 2.53. The van der Waals surface area contributed by atoms with E-state index >= 15 is 0 Å². The zero-order valence-corrected chi connectivity index (χ0v) is 13.2. The minimum atomic E-state index is -1.03. The summed E-state index contributed by atoms with van der Waals surface area (Å²) in [5, 5.41) is 16.7. The molecule has 1 atom stereocenters. The summed E-state index contributed by atoms with van der Waals surface area (Å²) in [5.41, 5.74) is 2.40. The number of aliphatic carboxylic acids is 1. The molecule has 0 aliphatic heterocycles. The van der Waals surface area contributed by atoms with Crippen LogP contribution in [0.15, 0.2) is 6.07 Å². The highest BCUT2D eigenvalue weighted by Gasteiger charge is 2.23. The van der Waals surface area contributed by atoms with Gasteiger partial charge in [-0.15, -0.1) is 0 Å². The Morgan fingerprint density at radius 1 is 1.41 bits per heavy atom. The highest BCUT2D eigenvalue weighted by Crippen LogP contribution is 2.21. The van der Waals surface area contributed by atoms with Gasteiger partial charge in [-0.05, 0) is 26.3 Å². The maximum Gasteiger partial charge on any atom is 0.326 e. The maximum absolute atomic E-state index is 12.5. The average molecular weight is 304 g/mol. The third kappa shape index (κ3) is 2.93. The summed E-state index contributed by atoms with van der Waals surface area (Å²) >= 11 is 0. The van der Waals surface area contributed by atoms with Crippen molar-refractivity contribution < 1.29 is 14.7 Å². The number of rotatable bonds is 5. The minimum absolute atomic E-state index is 0.389. The Labute approximate surface area is 128 Å². The molecule has 0 saturated carbocycles. The van der Waals surface area contributed by atoms with Gasteiger partial charge in [0.1, 0.15) is 6.04 Å². The number of aryl methyl sites for hydroxylation is 3. The lowest BCUT2D eigenvalue weighted by molar-refractivity contribution is -0.139. The molecule has 118 valence electrons. The Morgan fingerprint density at radius 2 is 2.09 bits per heavy atom. The second kappa shape index (κ2) is 6.13. The lowest BCUT2D eigenvalue weighted by atomic mass is 10.1. The number of nitrogens with zero attached hydrogens (tertiary/aromatic N) is 3. The van der Waals surface area contributed by atoms with E-state index in [2.05, 4.69) is 15.4 Å². The van der Waals surface area contributed by atoms with E-state index in [1.54, 1.807) is 31.6 Å². The number of amides is 1. The first-order chi connectivity index (χ1) is 10.3. The van der Waals surface area contributed by atoms with Crippen molar-refractivity contribution in [1.82, 2.24) is 20.1 Å². The van der Waals surface area contributed by atoms with Crippen LogP contribution in [-0.4, -0.2) is 37.8 Å². The first-order valence-electron chi connectivity index (χ1n) is 7.19. The zero-order chi connectivity index (χ0) is 16.4. The van der Waals surface area contributed by atoms with Gasteiger partial charge in [0, 0.05) is 12.7 Å². The number of fused-ring (bicyclic) bond motifs is 1. The second-order valence-corrected chi connectivity index (χ2v) is 5.37. The monoisotopic (exact) mass is 304 g/mol. The summed E-state index contributed by atoms with van der Waals surface area (Å²) in [6.07, 6.45) is 1.06. The van der Waals surface area contributed by atoms with E-state index in [0.717, 1.165) is 0 Å². The van der Waals surface area contributed by atoms with Crippen LogP contribution >= 0.6 is 0 Å². The van der Waals surface area contributed by atoms with Crippen molar-refractivity contribution in [3.63, 3.8) is 0 Å². The molecule has 0 saturated heterocycles. The summed E-state index contributed by atoms with van der Waals surface area (Å²) < 4.78 is 1.62. The molecule has 0 spiro atoms. The number of carboxylic acids is 1. The van der Waals surface area contributed by atoms with Crippen LogP contribution in [0, 0.1) is 13.8 Å². The van der Waals surface area contributed by atoms with E-state index in [1.165, 1.54) is 0 Å². The SMILES string of the molecule is CCCC(NC(=O)c1cc(C)nc2c1c(C)nn2C)C(=O)O. The Kier molecular flexibility index (Phi) is 4.44. The molecule has 0 aliphatic carbocycles. The van der Waals surface area contributed by atoms with Gasteiger partial charge in [-0.1, -0.05) is 13.3 Å². The van der Waals surface area contributed by atoms with Crippen LogP contribution in [0.3, 0.4) is 0 Å². The van der Waals surface area contributed by atoms with Crippen molar-refractivity contribution in [3.8, 4) is 0 Å². The summed E-state index contributed by atoms with van der Waals surface area (Å²) in [7, 11) is 1.76. The van der Waals surface area contributed by atoms with Gasteiger partial charge in [-0.2, -0.15) is 5.10 Å². The highest BCUT2D eigenvalue weighted by molar-refractivity contribution is 6.07. The summed E-state index contributed by atoms with van der Waals surface area (Å²) in [5.74, 6) is -1.44. The van der Waals surface area contributed by atoms with Gasteiger partial charge in [0.2, 0.25) is 0 Å². The van der Waals surface area contributed by atoms with Crippen LogP contribution in [-0.2, 0) is 11.8 Å². The molecule has 1 unspecified atom stereocenters. The molecule has 2 aromatic rings. The molecule has 0 aromatic carbocycles. The van der Waals surface area contributed by atoms with Crippen molar-refractivity contribution in [1.29, 1.82) is 0 Å². The Balaban J connectivity index is 2.45. The van der Waals surface area contributed by atoms with E-state index in [-0.39, 0.29) is 0 Å². The Hall–Kier alpha value is -2.44. The zero-order valence-electron chi connectivity index (χ0n) is 13.2. The molecule has 22 heavy (non-hydrogen) atoms. The fourth-order valence-corrected chi connectivity index (χ4v) is 2.53. The fraction of sp³-hybridized carbons (Fsp3) is 0.467. The molecule has 2 heterocycles. The topological polar surface area (TPSA) is 97.1 Å². The van der Waals surface area contributed by atoms with Crippen LogP contribution in [0.1, 0.15) is 41.5 Å². The highest BCUT2D eigenvalue weighted by atomic mass is 16.4. The van der Waals surface area contributed by atoms with E-state index in [1.807, 2.05) is 6.92 Å². The summed E-state index contributed by atoms with van der Waals surface area (Å²) in [6.45, 7) is 5.47. The van der Waals surface area contributed by atoms with E-state index in [9.17, 15) is 14.7 Å². The van der Waals surface area contributed by atoms with Crippen molar-refractivity contribution in [3.05, 3.63) is 23.0 Å². The average Bonchev–Trinajstić information content (AvgIpc) is 2.72. The van der Waals surface area contributed by atoms with Gasteiger partial charge in [0.05, 0.1) is 16.6 Å². The van der Waals surface area contributed by atoms with Crippen LogP contribution in [0.5, 0.6) is 0 Å². The molecular weight excluding hydrogens is 284 g/mol. The lowest BCUT2D eigenvalue weighted by Crippen LogP contribution is -2.40. The molecular formula is C15H20N4O3. The molecule has 2 aromatic heterocycles. The molecule has 2 rings (SSSR count). The number of hydrogen-bond donors (Lipinski definition) is 2. The van der Waals surface area contributed by atoms with Crippen LogP contribution in [0.4, 0.5) is 0 Å². The number of carbonyl (C=O) groups excluding carboxylic acids is 1. The predicted octanol–water partition coefficient (Wildman–Crippen LogP) is 1.57. The second-order valence-electron chi connectivity index (χ2n) is 5.37. The summed E-state index contributed by atoms with van der Waals surface area (Å²) in [6, 6.07) is 0.773. The van der Waals surface area contributed by atoms with Crippen molar-refractivity contribution in [2.24, 2.45) is 7.05 Å². The molecule has 0 fully saturated rings. The Bertz CT molecular complexity index is 736. The number of carbonyl (C=O) groups is 2. The Morgan fingerprint density at radius 3 is 2.68 bits per heavy atom. The largest absolute Gasteiger partial charge is 0.480 e. The van der Waals surface area contributed by atoms with Crippen molar-refractivity contribution in [2.45, 2.75) is 39.7 Å². The lowest BCUT2D eigenvalue weighted by Gasteiger charge is -2.14. The molecule has 0 aliphatic rings. The molecule has 0 radical (unpaired) electrons. The number of carboxylic acid groups (broad SMARTS) is 1. The molecule has 0 bridgehead atoms. The van der Waals surface area contributed by atoms with Crippen LogP contribution < -0.4 is 5.32 Å². The standard InChI is InChI=1S/C15H20N4O3/c1-5-6-11(15(21)22)17-14(20)10-7-8(2)16-13-12(10)9(3)18-19(13)4/h7,11H,5-6H2,1-4H3,(H,17,20)(H,21,22). The van der Waals surface area contributed by atoms with Gasteiger partial charge in [0.15, 0.2) is 5.65 Å². The van der Waals surface area contributed by atoms with E-state index < -0.39 is 17.9 Å². The number of nitrogens with one attached hydrogen (secondary N) is 1. The predicted molar refractivity (Wildman–Crippen MR) is 81.8 cm³/mol. The van der Waals surface area contributed by atoms with Crippen molar-refractivity contribution in [2.75, 3.05) is 0 Å². The van der Waals surface area contributed by atoms with Gasteiger partial charge in [-0.3, -0.25) is 9.48 Å². The maximum atomic E-state index is 12.5. The third-order valence-electron chi connectivity index (χ3n) is 3.52. The minimum Gasteiger partial charge on any atom is -0.480 e. The normalized spacial score (nSPS) is 12.4. The summed E-state index contributed by atoms with van der Waals surface area (Å²) in [4.78, 5) is 28.1.